The SMILES string of the molecule is Fc1ccc(C#CCCl)c(OC2CCCCC2)c1. The van der Waals surface area contributed by atoms with Crippen LogP contribution in [0.1, 0.15) is 37.7 Å². The minimum absolute atomic E-state index is 0.192. The number of benzene rings is 1. The molecule has 0 atom stereocenters. The first kappa shape index (κ1) is 13.2. The van der Waals surface area contributed by atoms with E-state index in [1.165, 1.54) is 31.4 Å². The molecule has 96 valence electrons. The highest BCUT2D eigenvalue weighted by Gasteiger charge is 2.16. The van der Waals surface area contributed by atoms with Gasteiger partial charge in [-0.15, -0.1) is 11.6 Å². The molecule has 0 radical (unpaired) electrons. The quantitative estimate of drug-likeness (QED) is 0.578. The van der Waals surface area contributed by atoms with Crippen LogP contribution >= 0.6 is 11.6 Å². The Balaban J connectivity index is 2.15. The monoisotopic (exact) mass is 266 g/mol. The molecule has 0 bridgehead atoms. The van der Waals surface area contributed by atoms with E-state index < -0.39 is 0 Å². The van der Waals surface area contributed by atoms with E-state index in [4.69, 9.17) is 16.3 Å². The van der Waals surface area contributed by atoms with E-state index >= 15 is 0 Å². The van der Waals surface area contributed by atoms with Gasteiger partial charge < -0.3 is 4.74 Å². The average Bonchev–Trinajstić information content (AvgIpc) is 2.39. The predicted molar refractivity (Wildman–Crippen MR) is 71.5 cm³/mol. The Hall–Kier alpha value is -1.20. The molecule has 1 aromatic carbocycles. The van der Waals surface area contributed by atoms with Crippen molar-refractivity contribution >= 4 is 11.6 Å². The highest BCUT2D eigenvalue weighted by atomic mass is 35.5. The Kier molecular flexibility index (Phi) is 4.90. The van der Waals surface area contributed by atoms with E-state index in [9.17, 15) is 4.39 Å². The molecular formula is C15H16ClFO. The first-order chi connectivity index (χ1) is 8.79. The lowest BCUT2D eigenvalue weighted by atomic mass is 9.97. The summed E-state index contributed by atoms with van der Waals surface area (Å²) >= 11 is 5.54. The van der Waals surface area contributed by atoms with Gasteiger partial charge in [0.2, 0.25) is 0 Å². The molecule has 1 saturated carbocycles. The van der Waals surface area contributed by atoms with Crippen LogP contribution < -0.4 is 4.74 Å². The van der Waals surface area contributed by atoms with Crippen molar-refractivity contribution in [1.29, 1.82) is 0 Å². The lowest BCUT2D eigenvalue weighted by Gasteiger charge is -2.23. The lowest BCUT2D eigenvalue weighted by molar-refractivity contribution is 0.154. The van der Waals surface area contributed by atoms with Crippen molar-refractivity contribution in [3.63, 3.8) is 0 Å². The molecule has 0 spiro atoms. The van der Waals surface area contributed by atoms with Crippen molar-refractivity contribution in [2.75, 3.05) is 5.88 Å². The van der Waals surface area contributed by atoms with Gasteiger partial charge in [-0.1, -0.05) is 18.3 Å². The molecular weight excluding hydrogens is 251 g/mol. The number of hydrogen-bond donors (Lipinski definition) is 0. The van der Waals surface area contributed by atoms with E-state index in [-0.39, 0.29) is 17.8 Å². The maximum absolute atomic E-state index is 13.3. The molecule has 0 amide bonds. The highest BCUT2D eigenvalue weighted by Crippen LogP contribution is 2.26. The minimum atomic E-state index is -0.294. The Morgan fingerprint density at radius 1 is 1.28 bits per heavy atom. The molecule has 1 aromatic rings. The topological polar surface area (TPSA) is 9.23 Å². The molecule has 0 aromatic heterocycles. The normalized spacial score (nSPS) is 15.9. The van der Waals surface area contributed by atoms with Gasteiger partial charge in [0.1, 0.15) is 11.6 Å². The minimum Gasteiger partial charge on any atom is -0.489 e. The van der Waals surface area contributed by atoms with Gasteiger partial charge in [-0.25, -0.2) is 4.39 Å². The maximum Gasteiger partial charge on any atom is 0.138 e. The second kappa shape index (κ2) is 6.66. The first-order valence-corrected chi connectivity index (χ1v) is 6.84. The van der Waals surface area contributed by atoms with Crippen LogP contribution in [-0.4, -0.2) is 12.0 Å². The fourth-order valence-electron chi connectivity index (χ4n) is 2.19. The average molecular weight is 267 g/mol. The van der Waals surface area contributed by atoms with E-state index in [1.807, 2.05) is 0 Å². The molecule has 1 aliphatic carbocycles. The van der Waals surface area contributed by atoms with Crippen molar-refractivity contribution in [2.45, 2.75) is 38.2 Å². The highest BCUT2D eigenvalue weighted by molar-refractivity contribution is 6.19. The van der Waals surface area contributed by atoms with Crippen LogP contribution in [0, 0.1) is 17.7 Å². The summed E-state index contributed by atoms with van der Waals surface area (Å²) in [6, 6.07) is 4.45. The summed E-state index contributed by atoms with van der Waals surface area (Å²) in [5, 5.41) is 0. The van der Waals surface area contributed by atoms with E-state index in [2.05, 4.69) is 11.8 Å². The Labute approximate surface area is 112 Å². The van der Waals surface area contributed by atoms with Gasteiger partial charge in [-0.05, 0) is 37.8 Å². The summed E-state index contributed by atoms with van der Waals surface area (Å²) in [5.41, 5.74) is 0.711. The smallest absolute Gasteiger partial charge is 0.138 e. The molecule has 1 aliphatic rings. The van der Waals surface area contributed by atoms with Gasteiger partial charge in [-0.2, -0.15) is 0 Å². The summed E-state index contributed by atoms with van der Waals surface area (Å²) < 4.78 is 19.1. The number of halogens is 2. The number of alkyl halides is 1. The second-order valence-electron chi connectivity index (χ2n) is 4.45. The molecule has 0 aliphatic heterocycles. The third-order valence-corrected chi connectivity index (χ3v) is 3.21. The van der Waals surface area contributed by atoms with Crippen molar-refractivity contribution < 1.29 is 9.13 Å². The van der Waals surface area contributed by atoms with Gasteiger partial charge >= 0.3 is 0 Å². The number of ether oxygens (including phenoxy) is 1. The molecule has 0 heterocycles. The Bertz CT molecular complexity index is 455. The number of rotatable bonds is 2. The first-order valence-electron chi connectivity index (χ1n) is 6.30. The van der Waals surface area contributed by atoms with Gasteiger partial charge in [0.25, 0.3) is 0 Å². The van der Waals surface area contributed by atoms with Gasteiger partial charge in [-0.3, -0.25) is 0 Å². The van der Waals surface area contributed by atoms with Crippen molar-refractivity contribution in [3.8, 4) is 17.6 Å². The molecule has 18 heavy (non-hydrogen) atoms. The Morgan fingerprint density at radius 3 is 2.78 bits per heavy atom. The molecule has 0 N–H and O–H groups in total. The predicted octanol–water partition coefficient (Wildman–Crippen LogP) is 4.13. The zero-order valence-corrected chi connectivity index (χ0v) is 11.0. The van der Waals surface area contributed by atoms with Crippen LogP contribution in [0.25, 0.3) is 0 Å². The fourth-order valence-corrected chi connectivity index (χ4v) is 2.25. The summed E-state index contributed by atoms with van der Waals surface area (Å²) in [4.78, 5) is 0. The van der Waals surface area contributed by atoms with Crippen LogP contribution in [0.4, 0.5) is 4.39 Å². The van der Waals surface area contributed by atoms with Crippen LogP contribution in [0.15, 0.2) is 18.2 Å². The largest absolute Gasteiger partial charge is 0.489 e. The van der Waals surface area contributed by atoms with E-state index in [1.54, 1.807) is 6.07 Å². The summed E-state index contributed by atoms with van der Waals surface area (Å²) in [6.45, 7) is 0. The van der Waals surface area contributed by atoms with Gasteiger partial charge in [0, 0.05) is 6.07 Å². The van der Waals surface area contributed by atoms with Crippen molar-refractivity contribution in [1.82, 2.24) is 0 Å². The molecule has 0 unspecified atom stereocenters. The summed E-state index contributed by atoms with van der Waals surface area (Å²) in [7, 11) is 0. The third kappa shape index (κ3) is 3.65. The van der Waals surface area contributed by atoms with Crippen LogP contribution in [0.3, 0.4) is 0 Å². The fraction of sp³-hybridized carbons (Fsp3) is 0.467. The summed E-state index contributed by atoms with van der Waals surface area (Å²) in [6.07, 6.45) is 5.91. The van der Waals surface area contributed by atoms with Crippen molar-refractivity contribution in [3.05, 3.63) is 29.6 Å². The molecule has 3 heteroatoms. The number of hydrogen-bond acceptors (Lipinski definition) is 1. The molecule has 2 rings (SSSR count). The lowest BCUT2D eigenvalue weighted by Crippen LogP contribution is -2.20. The van der Waals surface area contributed by atoms with Crippen LogP contribution in [-0.2, 0) is 0 Å². The maximum atomic E-state index is 13.3. The van der Waals surface area contributed by atoms with Crippen LogP contribution in [0.2, 0.25) is 0 Å². The standard InChI is InChI=1S/C15H16ClFO/c16-10-4-5-12-8-9-13(17)11-15(12)18-14-6-2-1-3-7-14/h8-9,11,14H,1-3,6-7,10H2. The van der Waals surface area contributed by atoms with E-state index in [0.29, 0.717) is 11.3 Å². The second-order valence-corrected chi connectivity index (χ2v) is 4.72. The molecule has 1 fully saturated rings. The molecule has 1 nitrogen and oxygen atoms in total. The van der Waals surface area contributed by atoms with Gasteiger partial charge in [0.05, 0.1) is 17.5 Å². The van der Waals surface area contributed by atoms with Crippen molar-refractivity contribution in [2.24, 2.45) is 0 Å². The van der Waals surface area contributed by atoms with E-state index in [0.717, 1.165) is 12.8 Å². The summed E-state index contributed by atoms with van der Waals surface area (Å²) in [5.74, 6) is 6.19. The van der Waals surface area contributed by atoms with Gasteiger partial charge in [0.15, 0.2) is 0 Å². The zero-order valence-electron chi connectivity index (χ0n) is 10.2. The van der Waals surface area contributed by atoms with Crippen LogP contribution in [0.5, 0.6) is 5.75 Å². The zero-order chi connectivity index (χ0) is 12.8. The third-order valence-electron chi connectivity index (χ3n) is 3.08. The molecule has 0 saturated heterocycles. The Morgan fingerprint density at radius 2 is 2.06 bits per heavy atom.